The number of carbonyl (C=O) groups is 1. The fraction of sp³-hybridized carbons (Fsp3) is 0.600. The lowest BCUT2D eigenvalue weighted by atomic mass is 10.0. The first kappa shape index (κ1) is 17.6. The second-order valence-electron chi connectivity index (χ2n) is 8.03. The lowest BCUT2D eigenvalue weighted by Gasteiger charge is -2.32. The van der Waals surface area contributed by atoms with Gasteiger partial charge in [0.1, 0.15) is 5.69 Å². The van der Waals surface area contributed by atoms with Gasteiger partial charge in [-0.3, -0.25) is 9.48 Å². The van der Waals surface area contributed by atoms with Crippen LogP contribution in [0.2, 0.25) is 0 Å². The van der Waals surface area contributed by atoms with Crippen LogP contribution in [0.15, 0.2) is 12.3 Å². The quantitative estimate of drug-likeness (QED) is 0.864. The maximum atomic E-state index is 12.7. The van der Waals surface area contributed by atoms with Crippen LogP contribution in [0, 0.1) is 0 Å². The van der Waals surface area contributed by atoms with Crippen LogP contribution in [0.5, 0.6) is 0 Å². The van der Waals surface area contributed by atoms with Crippen LogP contribution in [-0.4, -0.2) is 51.4 Å². The number of anilines is 1. The predicted molar refractivity (Wildman–Crippen MR) is 103 cm³/mol. The molecule has 0 unspecified atom stereocenters. The van der Waals surface area contributed by atoms with Gasteiger partial charge >= 0.3 is 0 Å². The van der Waals surface area contributed by atoms with E-state index in [2.05, 4.69) is 20.3 Å². The van der Waals surface area contributed by atoms with Gasteiger partial charge in [0, 0.05) is 50.3 Å². The molecule has 1 N–H and O–H groups in total. The van der Waals surface area contributed by atoms with Crippen molar-refractivity contribution in [1.29, 1.82) is 0 Å². The van der Waals surface area contributed by atoms with E-state index in [1.165, 1.54) is 12.8 Å². The van der Waals surface area contributed by atoms with Gasteiger partial charge in [-0.05, 0) is 31.7 Å². The third-order valence-electron chi connectivity index (χ3n) is 5.92. The van der Waals surface area contributed by atoms with E-state index in [1.54, 1.807) is 4.68 Å². The first-order chi connectivity index (χ1) is 13.7. The van der Waals surface area contributed by atoms with Crippen molar-refractivity contribution in [3.8, 4) is 0 Å². The van der Waals surface area contributed by atoms with Crippen LogP contribution in [0.1, 0.15) is 59.0 Å². The molecule has 0 spiro atoms. The van der Waals surface area contributed by atoms with E-state index in [4.69, 9.17) is 9.72 Å². The van der Waals surface area contributed by atoms with Crippen LogP contribution >= 0.6 is 0 Å². The summed E-state index contributed by atoms with van der Waals surface area (Å²) in [7, 11) is 1.85. The molecule has 4 heterocycles. The Labute approximate surface area is 164 Å². The number of ether oxygens (including phenoxy) is 1. The van der Waals surface area contributed by atoms with E-state index in [1.807, 2.05) is 19.3 Å². The van der Waals surface area contributed by atoms with Gasteiger partial charge in [0.15, 0.2) is 0 Å². The van der Waals surface area contributed by atoms with Crippen molar-refractivity contribution in [2.75, 3.05) is 24.6 Å². The SMILES string of the molecule is Cn1nc(C2CC2)cc1C(=O)NC1CCN(c2ncc3c(n2)CCOC3)CC1. The van der Waals surface area contributed by atoms with E-state index < -0.39 is 0 Å². The zero-order valence-corrected chi connectivity index (χ0v) is 16.2. The zero-order chi connectivity index (χ0) is 19.1. The molecule has 0 aromatic carbocycles. The molecule has 0 atom stereocenters. The summed E-state index contributed by atoms with van der Waals surface area (Å²) < 4.78 is 7.17. The summed E-state index contributed by atoms with van der Waals surface area (Å²) in [6, 6.07) is 2.13. The second kappa shape index (κ2) is 7.16. The van der Waals surface area contributed by atoms with Gasteiger partial charge in [-0.1, -0.05) is 0 Å². The number of aromatic nitrogens is 4. The molecule has 1 saturated carbocycles. The first-order valence-corrected chi connectivity index (χ1v) is 10.2. The Morgan fingerprint density at radius 2 is 2.07 bits per heavy atom. The average Bonchev–Trinajstić information content (AvgIpc) is 3.50. The molecule has 2 aliphatic heterocycles. The molecule has 2 aromatic heterocycles. The van der Waals surface area contributed by atoms with Gasteiger partial charge in [0.25, 0.3) is 5.91 Å². The fourth-order valence-electron chi connectivity index (χ4n) is 4.04. The molecular formula is C20H26N6O2. The lowest BCUT2D eigenvalue weighted by Crippen LogP contribution is -2.45. The van der Waals surface area contributed by atoms with Crippen molar-refractivity contribution in [2.24, 2.45) is 7.05 Å². The average molecular weight is 382 g/mol. The number of fused-ring (bicyclic) bond motifs is 1. The number of nitrogens with one attached hydrogen (secondary N) is 1. The zero-order valence-electron chi connectivity index (χ0n) is 16.2. The summed E-state index contributed by atoms with van der Waals surface area (Å²) in [5.74, 6) is 1.33. The molecule has 0 bridgehead atoms. The van der Waals surface area contributed by atoms with E-state index >= 15 is 0 Å². The summed E-state index contributed by atoms with van der Waals surface area (Å²) in [4.78, 5) is 24.2. The molecule has 2 fully saturated rings. The monoisotopic (exact) mass is 382 g/mol. The number of aryl methyl sites for hydroxylation is 1. The van der Waals surface area contributed by atoms with Crippen molar-refractivity contribution in [3.05, 3.63) is 34.9 Å². The number of carbonyl (C=O) groups excluding carboxylic acids is 1. The molecule has 1 saturated heterocycles. The largest absolute Gasteiger partial charge is 0.376 e. The predicted octanol–water partition coefficient (Wildman–Crippen LogP) is 1.56. The minimum Gasteiger partial charge on any atom is -0.376 e. The summed E-state index contributed by atoms with van der Waals surface area (Å²) in [6.45, 7) is 3.03. The van der Waals surface area contributed by atoms with Crippen molar-refractivity contribution >= 4 is 11.9 Å². The van der Waals surface area contributed by atoms with Crippen LogP contribution in [-0.2, 0) is 24.8 Å². The summed E-state index contributed by atoms with van der Waals surface area (Å²) >= 11 is 0. The number of amides is 1. The molecule has 2 aromatic rings. The molecule has 3 aliphatic rings. The van der Waals surface area contributed by atoms with Gasteiger partial charge < -0.3 is 15.0 Å². The molecule has 5 rings (SSSR count). The fourth-order valence-corrected chi connectivity index (χ4v) is 4.04. The Kier molecular flexibility index (Phi) is 4.50. The third-order valence-corrected chi connectivity index (χ3v) is 5.92. The smallest absolute Gasteiger partial charge is 0.269 e. The Balaban J connectivity index is 1.18. The van der Waals surface area contributed by atoms with Crippen molar-refractivity contribution in [1.82, 2.24) is 25.1 Å². The number of nitrogens with zero attached hydrogens (tertiary/aromatic N) is 5. The minimum atomic E-state index is -0.0228. The molecule has 8 nitrogen and oxygen atoms in total. The van der Waals surface area contributed by atoms with E-state index in [-0.39, 0.29) is 11.9 Å². The van der Waals surface area contributed by atoms with Crippen LogP contribution in [0.3, 0.4) is 0 Å². The molecule has 8 heteroatoms. The van der Waals surface area contributed by atoms with E-state index in [0.29, 0.717) is 18.2 Å². The molecule has 0 radical (unpaired) electrons. The summed E-state index contributed by atoms with van der Waals surface area (Å²) in [5.41, 5.74) is 3.91. The number of hydrogen-bond donors (Lipinski definition) is 1. The highest BCUT2D eigenvalue weighted by molar-refractivity contribution is 5.92. The van der Waals surface area contributed by atoms with Gasteiger partial charge in [-0.2, -0.15) is 5.10 Å². The highest BCUT2D eigenvalue weighted by Crippen LogP contribution is 2.39. The topological polar surface area (TPSA) is 85.2 Å². The number of rotatable bonds is 4. The van der Waals surface area contributed by atoms with Crippen LogP contribution in [0.25, 0.3) is 0 Å². The van der Waals surface area contributed by atoms with Gasteiger partial charge in [-0.15, -0.1) is 0 Å². The Morgan fingerprint density at radius 1 is 1.25 bits per heavy atom. The molecule has 1 amide bonds. The van der Waals surface area contributed by atoms with Gasteiger partial charge in [-0.25, -0.2) is 9.97 Å². The lowest BCUT2D eigenvalue weighted by molar-refractivity contribution is 0.0921. The molecule has 148 valence electrons. The first-order valence-electron chi connectivity index (χ1n) is 10.2. The maximum Gasteiger partial charge on any atom is 0.269 e. The van der Waals surface area contributed by atoms with Crippen molar-refractivity contribution in [3.63, 3.8) is 0 Å². The second-order valence-corrected chi connectivity index (χ2v) is 8.03. The Hall–Kier alpha value is -2.48. The molecule has 28 heavy (non-hydrogen) atoms. The number of hydrogen-bond acceptors (Lipinski definition) is 6. The molecular weight excluding hydrogens is 356 g/mol. The highest BCUT2D eigenvalue weighted by Gasteiger charge is 2.29. The Bertz CT molecular complexity index is 883. The minimum absolute atomic E-state index is 0.0228. The summed E-state index contributed by atoms with van der Waals surface area (Å²) in [6.07, 6.45) is 6.91. The maximum absolute atomic E-state index is 12.7. The van der Waals surface area contributed by atoms with Crippen LogP contribution in [0.4, 0.5) is 5.95 Å². The highest BCUT2D eigenvalue weighted by atomic mass is 16.5. The third kappa shape index (κ3) is 3.48. The van der Waals surface area contributed by atoms with Crippen molar-refractivity contribution < 1.29 is 9.53 Å². The van der Waals surface area contributed by atoms with Crippen LogP contribution < -0.4 is 10.2 Å². The van der Waals surface area contributed by atoms with Gasteiger partial charge in [0.05, 0.1) is 24.6 Å². The Morgan fingerprint density at radius 3 is 2.86 bits per heavy atom. The normalized spacial score (nSPS) is 20.1. The van der Waals surface area contributed by atoms with Gasteiger partial charge in [0.2, 0.25) is 5.95 Å². The van der Waals surface area contributed by atoms with E-state index in [0.717, 1.165) is 61.9 Å². The standard InChI is InChI=1S/C20H26N6O2/c1-25-18(10-17(24-25)13-2-3-13)19(27)22-15-4-7-26(8-5-15)20-21-11-14-12-28-9-6-16(14)23-20/h10-11,13,15H,2-9,12H2,1H3,(H,22,27). The van der Waals surface area contributed by atoms with Crippen molar-refractivity contribution in [2.45, 2.75) is 50.7 Å². The molecule has 1 aliphatic carbocycles. The number of piperidine rings is 1. The van der Waals surface area contributed by atoms with E-state index in [9.17, 15) is 4.79 Å². The summed E-state index contributed by atoms with van der Waals surface area (Å²) in [5, 5.41) is 7.68.